The summed E-state index contributed by atoms with van der Waals surface area (Å²) in [7, 11) is 0. The van der Waals surface area contributed by atoms with Gasteiger partial charge in [0.1, 0.15) is 0 Å². The number of piperazine rings is 3. The van der Waals surface area contributed by atoms with Crippen LogP contribution in [-0.2, 0) is 0 Å². The predicted octanol–water partition coefficient (Wildman–Crippen LogP) is 4.24. The number of nitrogens with zero attached hydrogens (tertiary/aromatic N) is 2. The van der Waals surface area contributed by atoms with Gasteiger partial charge in [-0.3, -0.25) is 9.80 Å². The Balaban J connectivity index is 1.53. The van der Waals surface area contributed by atoms with Crippen LogP contribution in [0.3, 0.4) is 0 Å². The second kappa shape index (κ2) is 7.99. The van der Waals surface area contributed by atoms with Crippen molar-refractivity contribution in [2.45, 2.75) is 69.2 Å². The van der Waals surface area contributed by atoms with Crippen LogP contribution in [0.15, 0.2) is 0 Å². The van der Waals surface area contributed by atoms with Gasteiger partial charge in [-0.15, -0.1) is 0 Å². The van der Waals surface area contributed by atoms with Gasteiger partial charge in [-0.25, -0.2) is 0 Å². The van der Waals surface area contributed by atoms with E-state index in [4.69, 9.17) is 0 Å². The normalized spacial score (nSPS) is 33.8. The summed E-state index contributed by atoms with van der Waals surface area (Å²) in [5, 5.41) is 0. The molecule has 3 aliphatic rings. The summed E-state index contributed by atoms with van der Waals surface area (Å²) < 4.78 is 0.311. The van der Waals surface area contributed by atoms with Gasteiger partial charge in [-0.1, -0.05) is 74.2 Å². The number of alkyl halides is 1. The fourth-order valence-electron chi connectivity index (χ4n) is 3.52. The molecule has 0 aromatic heterocycles. The van der Waals surface area contributed by atoms with Crippen LogP contribution in [0.25, 0.3) is 0 Å². The minimum atomic E-state index is 0.311. The van der Waals surface area contributed by atoms with Gasteiger partial charge in [0.25, 0.3) is 0 Å². The van der Waals surface area contributed by atoms with Crippen molar-refractivity contribution in [1.29, 1.82) is 0 Å². The van der Waals surface area contributed by atoms with Crippen molar-refractivity contribution < 1.29 is 0 Å². The largest absolute Gasteiger partial charge is 0.298 e. The molecule has 0 spiro atoms. The Labute approximate surface area is 128 Å². The molecule has 3 heterocycles. The number of unbranched alkanes of at least 4 members (excludes halogenated alkanes) is 7. The Hall–Kier alpha value is 0.400. The van der Waals surface area contributed by atoms with Gasteiger partial charge in [0.15, 0.2) is 0 Å². The molecule has 3 rings (SSSR count). The fraction of sp³-hybridized carbons (Fsp3) is 1.00. The lowest BCUT2D eigenvalue weighted by Gasteiger charge is -2.53. The van der Waals surface area contributed by atoms with Gasteiger partial charge in [-0.2, -0.15) is 0 Å². The first-order valence-electron chi connectivity index (χ1n) is 8.41. The van der Waals surface area contributed by atoms with E-state index in [0.29, 0.717) is 4.45 Å². The Morgan fingerprint density at radius 1 is 0.842 bits per heavy atom. The average Bonchev–Trinajstić information content (AvgIpc) is 2.43. The molecule has 112 valence electrons. The van der Waals surface area contributed by atoms with Crippen LogP contribution in [-0.4, -0.2) is 47.0 Å². The molecule has 0 radical (unpaired) electrons. The first-order valence-corrected chi connectivity index (χ1v) is 9.20. The molecule has 2 bridgehead atoms. The molecule has 3 aliphatic heterocycles. The van der Waals surface area contributed by atoms with E-state index in [-0.39, 0.29) is 0 Å². The van der Waals surface area contributed by atoms with Crippen molar-refractivity contribution in [2.75, 3.05) is 32.7 Å². The zero-order valence-electron chi connectivity index (χ0n) is 12.7. The first-order chi connectivity index (χ1) is 9.24. The lowest BCUT2D eigenvalue weighted by molar-refractivity contribution is -0.00598. The summed E-state index contributed by atoms with van der Waals surface area (Å²) in [6.07, 6.45) is 12.7. The molecule has 1 unspecified atom stereocenters. The van der Waals surface area contributed by atoms with Crippen LogP contribution in [0.2, 0.25) is 0 Å². The van der Waals surface area contributed by atoms with Gasteiger partial charge in [0.05, 0.1) is 4.45 Å². The molecule has 1 atom stereocenters. The van der Waals surface area contributed by atoms with E-state index in [1.807, 2.05) is 0 Å². The summed E-state index contributed by atoms with van der Waals surface area (Å²) in [5.41, 5.74) is 0. The monoisotopic (exact) mass is 330 g/mol. The minimum absolute atomic E-state index is 0.311. The third kappa shape index (κ3) is 4.71. The quantitative estimate of drug-likeness (QED) is 0.354. The van der Waals surface area contributed by atoms with Crippen LogP contribution < -0.4 is 0 Å². The highest BCUT2D eigenvalue weighted by molar-refractivity contribution is 9.10. The average molecular weight is 331 g/mol. The number of fused-ring (bicyclic) bond motifs is 3. The molecule has 0 amide bonds. The SMILES string of the molecule is CCCCCCCCCCC1(Br)CN2CCN1CC2. The summed E-state index contributed by atoms with van der Waals surface area (Å²) >= 11 is 4.04. The van der Waals surface area contributed by atoms with Crippen molar-refractivity contribution in [3.8, 4) is 0 Å². The third-order valence-electron chi connectivity index (χ3n) is 4.82. The van der Waals surface area contributed by atoms with Crippen LogP contribution in [0.5, 0.6) is 0 Å². The maximum atomic E-state index is 4.04. The number of hydrogen-bond donors (Lipinski definition) is 0. The lowest BCUT2D eigenvalue weighted by atomic mass is 10.00. The maximum absolute atomic E-state index is 4.04. The van der Waals surface area contributed by atoms with E-state index >= 15 is 0 Å². The number of rotatable bonds is 9. The summed E-state index contributed by atoms with van der Waals surface area (Å²) in [6.45, 7) is 8.63. The third-order valence-corrected chi connectivity index (χ3v) is 5.97. The van der Waals surface area contributed by atoms with E-state index in [1.165, 1.54) is 90.5 Å². The predicted molar refractivity (Wildman–Crippen MR) is 86.9 cm³/mol. The van der Waals surface area contributed by atoms with Crippen molar-refractivity contribution in [3.63, 3.8) is 0 Å². The topological polar surface area (TPSA) is 6.48 Å². The lowest BCUT2D eigenvalue weighted by Crippen LogP contribution is -2.65. The molecule has 3 saturated heterocycles. The Morgan fingerprint density at radius 3 is 1.95 bits per heavy atom. The van der Waals surface area contributed by atoms with Gasteiger partial charge in [0.2, 0.25) is 0 Å². The standard InChI is InChI=1S/C16H31BrN2/c1-2-3-4-5-6-7-8-9-10-16(17)15-18-11-13-19(16)14-12-18/h2-15H2,1H3. The van der Waals surface area contributed by atoms with E-state index in [1.54, 1.807) is 0 Å². The molecule has 3 heteroatoms. The molecule has 0 saturated carbocycles. The Kier molecular flexibility index (Phi) is 6.64. The van der Waals surface area contributed by atoms with Gasteiger partial charge >= 0.3 is 0 Å². The smallest absolute Gasteiger partial charge is 0.0896 e. The van der Waals surface area contributed by atoms with Crippen molar-refractivity contribution in [2.24, 2.45) is 0 Å². The molecular formula is C16H31BrN2. The highest BCUT2D eigenvalue weighted by Gasteiger charge is 2.42. The number of halogens is 1. The fourth-order valence-corrected chi connectivity index (χ4v) is 4.51. The van der Waals surface area contributed by atoms with Gasteiger partial charge in [-0.05, 0) is 6.42 Å². The molecule has 2 nitrogen and oxygen atoms in total. The van der Waals surface area contributed by atoms with Crippen molar-refractivity contribution >= 4 is 15.9 Å². The van der Waals surface area contributed by atoms with Crippen molar-refractivity contribution in [1.82, 2.24) is 9.80 Å². The molecule has 0 aliphatic carbocycles. The zero-order chi connectivity index (χ0) is 13.6. The van der Waals surface area contributed by atoms with Crippen LogP contribution in [0.4, 0.5) is 0 Å². The first kappa shape index (κ1) is 15.8. The highest BCUT2D eigenvalue weighted by atomic mass is 79.9. The van der Waals surface area contributed by atoms with Crippen LogP contribution >= 0.6 is 15.9 Å². The van der Waals surface area contributed by atoms with Crippen LogP contribution in [0.1, 0.15) is 64.7 Å². The molecular weight excluding hydrogens is 300 g/mol. The van der Waals surface area contributed by atoms with Gasteiger partial charge < -0.3 is 0 Å². The molecule has 3 fully saturated rings. The Morgan fingerprint density at radius 2 is 1.42 bits per heavy atom. The molecule has 19 heavy (non-hydrogen) atoms. The highest BCUT2D eigenvalue weighted by Crippen LogP contribution is 2.36. The second-order valence-electron chi connectivity index (χ2n) is 6.41. The van der Waals surface area contributed by atoms with E-state index in [2.05, 4.69) is 32.7 Å². The second-order valence-corrected chi connectivity index (χ2v) is 7.88. The maximum Gasteiger partial charge on any atom is 0.0896 e. The summed E-state index contributed by atoms with van der Waals surface area (Å²) in [4.78, 5) is 5.30. The van der Waals surface area contributed by atoms with E-state index in [0.717, 1.165) is 0 Å². The molecule has 0 aromatic rings. The van der Waals surface area contributed by atoms with E-state index in [9.17, 15) is 0 Å². The Bertz CT molecular complexity index is 251. The number of hydrogen-bond acceptors (Lipinski definition) is 2. The van der Waals surface area contributed by atoms with Crippen LogP contribution in [0, 0.1) is 0 Å². The summed E-state index contributed by atoms with van der Waals surface area (Å²) in [6, 6.07) is 0. The van der Waals surface area contributed by atoms with E-state index < -0.39 is 0 Å². The van der Waals surface area contributed by atoms with Gasteiger partial charge in [0, 0.05) is 32.7 Å². The summed E-state index contributed by atoms with van der Waals surface area (Å²) in [5.74, 6) is 0. The zero-order valence-corrected chi connectivity index (χ0v) is 14.3. The molecule has 0 N–H and O–H groups in total. The van der Waals surface area contributed by atoms with Crippen molar-refractivity contribution in [3.05, 3.63) is 0 Å². The molecule has 0 aromatic carbocycles. The minimum Gasteiger partial charge on any atom is -0.298 e.